The fraction of sp³-hybridized carbons (Fsp3) is 0.824. The molecule has 2 N–H and O–H groups in total. The Morgan fingerprint density at radius 3 is 2.29 bits per heavy atom. The van der Waals surface area contributed by atoms with Crippen LogP contribution in [0.1, 0.15) is 46.0 Å². The zero-order chi connectivity index (χ0) is 17.8. The van der Waals surface area contributed by atoms with Crippen LogP contribution < -0.4 is 10.6 Å². The van der Waals surface area contributed by atoms with E-state index in [1.165, 1.54) is 0 Å². The molecule has 0 unspecified atom stereocenters. The lowest BCUT2D eigenvalue weighted by Gasteiger charge is -2.28. The minimum Gasteiger partial charge on any atom is -0.379 e. The van der Waals surface area contributed by atoms with Gasteiger partial charge in [0.1, 0.15) is 6.61 Å². The SMILES string of the molecule is CCOCCOCC(=O)NC1CCC(C(=O)NCC(=O)CC)CC1. The number of carbonyl (C=O) groups is 3. The zero-order valence-corrected chi connectivity index (χ0v) is 14.8. The van der Waals surface area contributed by atoms with Gasteiger partial charge >= 0.3 is 0 Å². The van der Waals surface area contributed by atoms with Crippen LogP contribution >= 0.6 is 0 Å². The number of ketones is 1. The second-order valence-electron chi connectivity index (χ2n) is 5.98. The Labute approximate surface area is 143 Å². The molecule has 138 valence electrons. The molecular weight excluding hydrogens is 312 g/mol. The van der Waals surface area contributed by atoms with Crippen molar-refractivity contribution in [3.63, 3.8) is 0 Å². The highest BCUT2D eigenvalue weighted by atomic mass is 16.5. The number of rotatable bonds is 11. The Kier molecular flexibility index (Phi) is 10.3. The van der Waals surface area contributed by atoms with Crippen LogP contribution in [0.25, 0.3) is 0 Å². The first-order chi connectivity index (χ1) is 11.6. The molecule has 1 aliphatic carbocycles. The van der Waals surface area contributed by atoms with Crippen molar-refractivity contribution in [1.29, 1.82) is 0 Å². The van der Waals surface area contributed by atoms with Gasteiger partial charge in [-0.15, -0.1) is 0 Å². The van der Waals surface area contributed by atoms with Gasteiger partial charge < -0.3 is 20.1 Å². The van der Waals surface area contributed by atoms with Gasteiger partial charge in [-0.05, 0) is 32.6 Å². The molecule has 1 fully saturated rings. The van der Waals surface area contributed by atoms with Gasteiger partial charge in [-0.2, -0.15) is 0 Å². The van der Waals surface area contributed by atoms with Gasteiger partial charge in [0, 0.05) is 25.0 Å². The van der Waals surface area contributed by atoms with Gasteiger partial charge in [-0.3, -0.25) is 14.4 Å². The van der Waals surface area contributed by atoms with Crippen LogP contribution in [0.4, 0.5) is 0 Å². The quantitative estimate of drug-likeness (QED) is 0.542. The molecular formula is C17H30N2O5. The predicted octanol–water partition coefficient (Wildman–Crippen LogP) is 0.810. The highest BCUT2D eigenvalue weighted by Gasteiger charge is 2.27. The molecule has 0 heterocycles. The van der Waals surface area contributed by atoms with Crippen LogP contribution in [0.5, 0.6) is 0 Å². The maximum atomic E-state index is 12.0. The van der Waals surface area contributed by atoms with Crippen LogP contribution in [-0.2, 0) is 23.9 Å². The van der Waals surface area contributed by atoms with Gasteiger partial charge in [0.2, 0.25) is 11.8 Å². The summed E-state index contributed by atoms with van der Waals surface area (Å²) in [6.45, 7) is 5.37. The Morgan fingerprint density at radius 2 is 1.67 bits per heavy atom. The lowest BCUT2D eigenvalue weighted by molar-refractivity contribution is -0.129. The van der Waals surface area contributed by atoms with Crippen molar-refractivity contribution in [3.05, 3.63) is 0 Å². The molecule has 1 rings (SSSR count). The highest BCUT2D eigenvalue weighted by molar-refractivity contribution is 5.86. The number of ether oxygens (including phenoxy) is 2. The molecule has 24 heavy (non-hydrogen) atoms. The molecule has 1 aliphatic rings. The van der Waals surface area contributed by atoms with Crippen molar-refractivity contribution in [3.8, 4) is 0 Å². The van der Waals surface area contributed by atoms with Crippen LogP contribution in [0.2, 0.25) is 0 Å². The largest absolute Gasteiger partial charge is 0.379 e. The van der Waals surface area contributed by atoms with Gasteiger partial charge in [-0.1, -0.05) is 6.92 Å². The third kappa shape index (κ3) is 8.40. The third-order valence-electron chi connectivity index (χ3n) is 4.13. The summed E-state index contributed by atoms with van der Waals surface area (Å²) in [5, 5.41) is 5.63. The highest BCUT2D eigenvalue weighted by Crippen LogP contribution is 2.24. The van der Waals surface area contributed by atoms with Crippen molar-refractivity contribution in [2.75, 3.05) is 33.0 Å². The summed E-state index contributed by atoms with van der Waals surface area (Å²) in [5.41, 5.74) is 0. The molecule has 0 spiro atoms. The third-order valence-corrected chi connectivity index (χ3v) is 4.13. The average Bonchev–Trinajstić information content (AvgIpc) is 2.59. The molecule has 7 nitrogen and oxygen atoms in total. The first-order valence-electron chi connectivity index (χ1n) is 8.81. The van der Waals surface area contributed by atoms with E-state index in [-0.39, 0.29) is 42.7 Å². The monoisotopic (exact) mass is 342 g/mol. The maximum Gasteiger partial charge on any atom is 0.246 e. The summed E-state index contributed by atoms with van der Waals surface area (Å²) >= 11 is 0. The number of amides is 2. The van der Waals surface area contributed by atoms with E-state index in [0.717, 1.165) is 25.7 Å². The first-order valence-corrected chi connectivity index (χ1v) is 8.81. The van der Waals surface area contributed by atoms with E-state index in [2.05, 4.69) is 10.6 Å². The van der Waals surface area contributed by atoms with Gasteiger partial charge in [-0.25, -0.2) is 0 Å². The standard InChI is InChI=1S/C17H30N2O5/c1-3-15(20)11-18-17(22)13-5-7-14(8-6-13)19-16(21)12-24-10-9-23-4-2/h13-14H,3-12H2,1-2H3,(H,18,22)(H,19,21). The maximum absolute atomic E-state index is 12.0. The normalized spacial score (nSPS) is 20.4. The van der Waals surface area contributed by atoms with Crippen LogP contribution in [0.3, 0.4) is 0 Å². The van der Waals surface area contributed by atoms with E-state index >= 15 is 0 Å². The van der Waals surface area contributed by atoms with Crippen molar-refractivity contribution in [2.24, 2.45) is 5.92 Å². The van der Waals surface area contributed by atoms with E-state index in [4.69, 9.17) is 9.47 Å². The number of hydrogen-bond acceptors (Lipinski definition) is 5. The summed E-state index contributed by atoms with van der Waals surface area (Å²) in [7, 11) is 0. The second kappa shape index (κ2) is 12.0. The van der Waals surface area contributed by atoms with E-state index < -0.39 is 0 Å². The van der Waals surface area contributed by atoms with Crippen molar-refractivity contribution in [2.45, 2.75) is 52.0 Å². The van der Waals surface area contributed by atoms with Crippen LogP contribution in [-0.4, -0.2) is 56.6 Å². The van der Waals surface area contributed by atoms with E-state index in [1.807, 2.05) is 6.92 Å². The van der Waals surface area contributed by atoms with Crippen molar-refractivity contribution < 1.29 is 23.9 Å². The summed E-state index contributed by atoms with van der Waals surface area (Å²) in [5.74, 6) is -0.215. The fourth-order valence-corrected chi connectivity index (χ4v) is 2.65. The summed E-state index contributed by atoms with van der Waals surface area (Å²) in [6.07, 6.45) is 3.42. The van der Waals surface area contributed by atoms with Gasteiger partial charge in [0.25, 0.3) is 0 Å². The first kappa shape index (κ1) is 20.6. The molecule has 0 saturated heterocycles. The minimum atomic E-state index is -0.132. The topological polar surface area (TPSA) is 93.7 Å². The molecule has 2 amide bonds. The molecule has 0 aromatic rings. The number of Topliss-reactive ketones (excluding diaryl/α,β-unsaturated/α-hetero) is 1. The Morgan fingerprint density at radius 1 is 1.00 bits per heavy atom. The molecule has 0 aliphatic heterocycles. The number of hydrogen-bond donors (Lipinski definition) is 2. The minimum absolute atomic E-state index is 0.0343. The van der Waals surface area contributed by atoms with Crippen LogP contribution in [0, 0.1) is 5.92 Å². The fourth-order valence-electron chi connectivity index (χ4n) is 2.65. The molecule has 7 heteroatoms. The van der Waals surface area contributed by atoms with Crippen LogP contribution in [0.15, 0.2) is 0 Å². The molecule has 0 aromatic carbocycles. The Bertz CT molecular complexity index is 406. The summed E-state index contributed by atoms with van der Waals surface area (Å²) < 4.78 is 10.4. The Hall–Kier alpha value is -1.47. The molecule has 0 bridgehead atoms. The van der Waals surface area contributed by atoms with E-state index in [0.29, 0.717) is 26.2 Å². The molecule has 0 atom stereocenters. The van der Waals surface area contributed by atoms with Gasteiger partial charge in [0.05, 0.1) is 19.8 Å². The molecule has 1 saturated carbocycles. The lowest BCUT2D eigenvalue weighted by Crippen LogP contribution is -2.42. The van der Waals surface area contributed by atoms with Crippen molar-refractivity contribution >= 4 is 17.6 Å². The molecule has 0 aromatic heterocycles. The molecule has 0 radical (unpaired) electrons. The zero-order valence-electron chi connectivity index (χ0n) is 14.8. The van der Waals surface area contributed by atoms with E-state index in [9.17, 15) is 14.4 Å². The predicted molar refractivity (Wildman–Crippen MR) is 89.5 cm³/mol. The lowest BCUT2D eigenvalue weighted by atomic mass is 9.85. The number of nitrogens with one attached hydrogen (secondary N) is 2. The average molecular weight is 342 g/mol. The number of carbonyl (C=O) groups excluding carboxylic acids is 3. The smallest absolute Gasteiger partial charge is 0.246 e. The van der Waals surface area contributed by atoms with E-state index in [1.54, 1.807) is 6.92 Å². The summed E-state index contributed by atoms with van der Waals surface area (Å²) in [4.78, 5) is 35.0. The van der Waals surface area contributed by atoms with Crippen molar-refractivity contribution in [1.82, 2.24) is 10.6 Å². The van der Waals surface area contributed by atoms with Gasteiger partial charge in [0.15, 0.2) is 5.78 Å². The summed E-state index contributed by atoms with van der Waals surface area (Å²) in [6, 6.07) is 0.0920. The Balaban J connectivity index is 2.15. The second-order valence-corrected chi connectivity index (χ2v) is 5.98.